The lowest BCUT2D eigenvalue weighted by Gasteiger charge is -2.30. The first-order valence-corrected chi connectivity index (χ1v) is 8.83. The number of ether oxygens (including phenoxy) is 2. The Bertz CT molecular complexity index is 714. The zero-order valence-corrected chi connectivity index (χ0v) is 14.8. The second-order valence-electron chi connectivity index (χ2n) is 6.41. The molecule has 1 aliphatic heterocycles. The zero-order valence-electron chi connectivity index (χ0n) is 14.8. The molecule has 0 aromatic heterocycles. The van der Waals surface area contributed by atoms with Gasteiger partial charge in [0.1, 0.15) is 0 Å². The van der Waals surface area contributed by atoms with Gasteiger partial charge in [-0.1, -0.05) is 36.4 Å². The highest BCUT2D eigenvalue weighted by atomic mass is 16.5. The van der Waals surface area contributed by atoms with E-state index in [4.69, 9.17) is 9.47 Å². The van der Waals surface area contributed by atoms with E-state index in [1.54, 1.807) is 7.11 Å². The van der Waals surface area contributed by atoms with Crippen molar-refractivity contribution < 1.29 is 14.3 Å². The predicted octanol–water partition coefficient (Wildman–Crippen LogP) is 3.56. The lowest BCUT2D eigenvalue weighted by atomic mass is 9.82. The van der Waals surface area contributed by atoms with E-state index in [0.29, 0.717) is 13.2 Å². The van der Waals surface area contributed by atoms with Crippen LogP contribution in [0.1, 0.15) is 30.4 Å². The van der Waals surface area contributed by atoms with Gasteiger partial charge in [0, 0.05) is 18.4 Å². The van der Waals surface area contributed by atoms with Crippen molar-refractivity contribution in [2.75, 3.05) is 20.3 Å². The summed E-state index contributed by atoms with van der Waals surface area (Å²) in [6.45, 7) is 3.22. The standard InChI is InChI=1S/C21H25NO3/c1-3-25-20-13-16(9-10-19(20)24-2)18-12-17(21(23)22-14-18)11-15-7-5-4-6-8-15/h4-10,13,17-18H,3,11-12,14H2,1-2H3,(H,22,23). The summed E-state index contributed by atoms with van der Waals surface area (Å²) in [4.78, 5) is 12.3. The van der Waals surface area contributed by atoms with Crippen LogP contribution in [0.4, 0.5) is 0 Å². The van der Waals surface area contributed by atoms with E-state index >= 15 is 0 Å². The molecule has 1 fully saturated rings. The molecule has 1 aliphatic rings. The molecule has 4 heteroatoms. The first-order valence-electron chi connectivity index (χ1n) is 8.83. The first kappa shape index (κ1) is 17.3. The molecule has 3 rings (SSSR count). The molecule has 0 aliphatic carbocycles. The smallest absolute Gasteiger partial charge is 0.223 e. The summed E-state index contributed by atoms with van der Waals surface area (Å²) in [6, 6.07) is 16.3. The maximum atomic E-state index is 12.3. The maximum absolute atomic E-state index is 12.3. The number of amides is 1. The number of hydrogen-bond acceptors (Lipinski definition) is 3. The Labute approximate surface area is 149 Å². The Hall–Kier alpha value is -2.49. The maximum Gasteiger partial charge on any atom is 0.223 e. The van der Waals surface area contributed by atoms with Gasteiger partial charge in [-0.3, -0.25) is 4.79 Å². The Balaban J connectivity index is 1.76. The molecule has 0 spiro atoms. The number of hydrogen-bond donors (Lipinski definition) is 1. The van der Waals surface area contributed by atoms with Crippen LogP contribution in [0.2, 0.25) is 0 Å². The molecule has 132 valence electrons. The van der Waals surface area contributed by atoms with Crippen molar-refractivity contribution in [1.82, 2.24) is 5.32 Å². The van der Waals surface area contributed by atoms with E-state index in [-0.39, 0.29) is 17.7 Å². The predicted molar refractivity (Wildman–Crippen MR) is 98.2 cm³/mol. The van der Waals surface area contributed by atoms with Crippen molar-refractivity contribution in [2.24, 2.45) is 5.92 Å². The van der Waals surface area contributed by atoms with Gasteiger partial charge >= 0.3 is 0 Å². The largest absolute Gasteiger partial charge is 0.493 e. The second kappa shape index (κ2) is 8.06. The summed E-state index contributed by atoms with van der Waals surface area (Å²) in [5, 5.41) is 3.07. The first-order chi connectivity index (χ1) is 12.2. The fraction of sp³-hybridized carbons (Fsp3) is 0.381. The molecule has 1 saturated heterocycles. The van der Waals surface area contributed by atoms with E-state index in [9.17, 15) is 4.79 Å². The Morgan fingerprint density at radius 2 is 1.92 bits per heavy atom. The Kier molecular flexibility index (Phi) is 5.59. The number of rotatable bonds is 6. The quantitative estimate of drug-likeness (QED) is 0.875. The zero-order chi connectivity index (χ0) is 17.6. The molecule has 2 atom stereocenters. The third-order valence-corrected chi connectivity index (χ3v) is 4.75. The number of methoxy groups -OCH3 is 1. The minimum absolute atomic E-state index is 0.00112. The number of nitrogens with one attached hydrogen (secondary N) is 1. The fourth-order valence-electron chi connectivity index (χ4n) is 3.45. The second-order valence-corrected chi connectivity index (χ2v) is 6.41. The van der Waals surface area contributed by atoms with Crippen molar-refractivity contribution in [3.05, 3.63) is 59.7 Å². The topological polar surface area (TPSA) is 47.6 Å². The SMILES string of the molecule is CCOc1cc(C2CNC(=O)C(Cc3ccccc3)C2)ccc1OC. The van der Waals surface area contributed by atoms with Crippen molar-refractivity contribution in [3.8, 4) is 11.5 Å². The van der Waals surface area contributed by atoms with Crippen LogP contribution in [0, 0.1) is 5.92 Å². The number of benzene rings is 2. The molecule has 1 heterocycles. The van der Waals surface area contributed by atoms with Crippen LogP contribution in [-0.2, 0) is 11.2 Å². The highest BCUT2D eigenvalue weighted by Crippen LogP contribution is 2.35. The van der Waals surface area contributed by atoms with Crippen LogP contribution in [-0.4, -0.2) is 26.2 Å². The number of carbonyl (C=O) groups excluding carboxylic acids is 1. The van der Waals surface area contributed by atoms with Gasteiger partial charge in [-0.15, -0.1) is 0 Å². The van der Waals surface area contributed by atoms with E-state index in [0.717, 1.165) is 24.3 Å². The third kappa shape index (κ3) is 4.13. The molecule has 1 amide bonds. The summed E-state index contributed by atoms with van der Waals surface area (Å²) in [5.41, 5.74) is 2.38. The van der Waals surface area contributed by atoms with Gasteiger partial charge in [-0.25, -0.2) is 0 Å². The minimum Gasteiger partial charge on any atom is -0.493 e. The molecule has 2 aromatic carbocycles. The van der Waals surface area contributed by atoms with Crippen LogP contribution in [0.3, 0.4) is 0 Å². The van der Waals surface area contributed by atoms with Gasteiger partial charge in [0.05, 0.1) is 13.7 Å². The molecule has 0 radical (unpaired) electrons. The summed E-state index contributed by atoms with van der Waals surface area (Å²) in [5.74, 6) is 1.94. The van der Waals surface area contributed by atoms with E-state index in [1.807, 2.05) is 37.3 Å². The normalized spacial score (nSPS) is 20.0. The average molecular weight is 339 g/mol. The van der Waals surface area contributed by atoms with Crippen LogP contribution in [0.5, 0.6) is 11.5 Å². The van der Waals surface area contributed by atoms with E-state index in [2.05, 4.69) is 23.5 Å². The van der Waals surface area contributed by atoms with Crippen LogP contribution in [0.15, 0.2) is 48.5 Å². The molecule has 2 aromatic rings. The minimum atomic E-state index is -0.00112. The molecule has 2 unspecified atom stereocenters. The Morgan fingerprint density at radius 3 is 2.64 bits per heavy atom. The van der Waals surface area contributed by atoms with Gasteiger partial charge in [-0.2, -0.15) is 0 Å². The molecule has 1 N–H and O–H groups in total. The van der Waals surface area contributed by atoms with Crippen molar-refractivity contribution in [2.45, 2.75) is 25.7 Å². The van der Waals surface area contributed by atoms with Crippen molar-refractivity contribution >= 4 is 5.91 Å². The van der Waals surface area contributed by atoms with Gasteiger partial charge in [0.15, 0.2) is 11.5 Å². The van der Waals surface area contributed by atoms with Gasteiger partial charge in [0.2, 0.25) is 5.91 Å². The van der Waals surface area contributed by atoms with Crippen molar-refractivity contribution in [3.63, 3.8) is 0 Å². The monoisotopic (exact) mass is 339 g/mol. The molecular formula is C21H25NO3. The third-order valence-electron chi connectivity index (χ3n) is 4.75. The summed E-state index contributed by atoms with van der Waals surface area (Å²) in [6.07, 6.45) is 1.62. The lowest BCUT2D eigenvalue weighted by molar-refractivity contribution is -0.126. The van der Waals surface area contributed by atoms with E-state index < -0.39 is 0 Å². The lowest BCUT2D eigenvalue weighted by Crippen LogP contribution is -2.41. The van der Waals surface area contributed by atoms with E-state index in [1.165, 1.54) is 11.1 Å². The van der Waals surface area contributed by atoms with Crippen LogP contribution in [0.25, 0.3) is 0 Å². The van der Waals surface area contributed by atoms with Gasteiger partial charge in [-0.05, 0) is 43.0 Å². The molecule has 0 bridgehead atoms. The van der Waals surface area contributed by atoms with Gasteiger partial charge in [0.25, 0.3) is 0 Å². The molecular weight excluding hydrogens is 314 g/mol. The molecule has 0 saturated carbocycles. The van der Waals surface area contributed by atoms with Crippen LogP contribution < -0.4 is 14.8 Å². The van der Waals surface area contributed by atoms with Gasteiger partial charge < -0.3 is 14.8 Å². The van der Waals surface area contributed by atoms with Crippen molar-refractivity contribution in [1.29, 1.82) is 0 Å². The average Bonchev–Trinajstić information content (AvgIpc) is 2.65. The molecule has 25 heavy (non-hydrogen) atoms. The number of piperidine rings is 1. The summed E-state index contributed by atoms with van der Waals surface area (Å²) in [7, 11) is 1.65. The molecule has 4 nitrogen and oxygen atoms in total. The summed E-state index contributed by atoms with van der Waals surface area (Å²) >= 11 is 0. The Morgan fingerprint density at radius 1 is 1.12 bits per heavy atom. The highest BCUT2D eigenvalue weighted by molar-refractivity contribution is 5.80. The summed E-state index contributed by atoms with van der Waals surface area (Å²) < 4.78 is 11.1. The van der Waals surface area contributed by atoms with Crippen LogP contribution >= 0.6 is 0 Å². The fourth-order valence-corrected chi connectivity index (χ4v) is 3.45. The highest BCUT2D eigenvalue weighted by Gasteiger charge is 2.29. The number of carbonyl (C=O) groups is 1.